The van der Waals surface area contributed by atoms with Crippen molar-refractivity contribution in [1.29, 1.82) is 0 Å². The van der Waals surface area contributed by atoms with Crippen LogP contribution in [0.25, 0.3) is 10.9 Å². The Labute approximate surface area is 115 Å². The van der Waals surface area contributed by atoms with Crippen LogP contribution in [0.5, 0.6) is 0 Å². The van der Waals surface area contributed by atoms with Crippen molar-refractivity contribution in [3.8, 4) is 0 Å². The standard InChI is InChI=1S/C15H12N4O/c20-15(19-18-10-11-3-2-7-16-9-11)13-5-1-4-12-6-8-17-14(12)13/h1-10,17H,(H,19,20)/b18-10-. The predicted molar refractivity (Wildman–Crippen MR) is 77.6 cm³/mol. The topological polar surface area (TPSA) is 70.1 Å². The Morgan fingerprint density at radius 2 is 2.20 bits per heavy atom. The van der Waals surface area contributed by atoms with Gasteiger partial charge in [-0.05, 0) is 18.2 Å². The highest BCUT2D eigenvalue weighted by Gasteiger charge is 2.09. The second-order valence-electron chi connectivity index (χ2n) is 4.23. The molecule has 0 saturated heterocycles. The molecule has 0 atom stereocenters. The molecule has 20 heavy (non-hydrogen) atoms. The van der Waals surface area contributed by atoms with Crippen LogP contribution in [0, 0.1) is 0 Å². The van der Waals surface area contributed by atoms with Crippen LogP contribution in [-0.4, -0.2) is 22.1 Å². The molecule has 5 heteroatoms. The van der Waals surface area contributed by atoms with Gasteiger partial charge in [-0.3, -0.25) is 9.78 Å². The van der Waals surface area contributed by atoms with Crippen molar-refractivity contribution in [2.24, 2.45) is 5.10 Å². The highest BCUT2D eigenvalue weighted by Crippen LogP contribution is 2.16. The maximum Gasteiger partial charge on any atom is 0.273 e. The van der Waals surface area contributed by atoms with Gasteiger partial charge >= 0.3 is 0 Å². The number of amides is 1. The van der Waals surface area contributed by atoms with E-state index in [0.29, 0.717) is 5.56 Å². The van der Waals surface area contributed by atoms with Crippen LogP contribution in [0.1, 0.15) is 15.9 Å². The highest BCUT2D eigenvalue weighted by atomic mass is 16.2. The molecule has 0 spiro atoms. The van der Waals surface area contributed by atoms with Crippen LogP contribution in [-0.2, 0) is 0 Å². The first kappa shape index (κ1) is 12.1. The Hall–Kier alpha value is -2.95. The Kier molecular flexibility index (Phi) is 3.24. The zero-order valence-corrected chi connectivity index (χ0v) is 10.6. The molecule has 98 valence electrons. The maximum absolute atomic E-state index is 12.1. The van der Waals surface area contributed by atoms with Crippen LogP contribution < -0.4 is 5.43 Å². The van der Waals surface area contributed by atoms with E-state index in [1.54, 1.807) is 30.9 Å². The fraction of sp³-hybridized carbons (Fsp3) is 0. The molecule has 0 radical (unpaired) electrons. The largest absolute Gasteiger partial charge is 0.361 e. The minimum Gasteiger partial charge on any atom is -0.361 e. The minimum absolute atomic E-state index is 0.252. The molecule has 0 bridgehead atoms. The molecule has 2 heterocycles. The molecule has 0 saturated carbocycles. The van der Waals surface area contributed by atoms with Gasteiger partial charge in [0.05, 0.1) is 17.3 Å². The Balaban J connectivity index is 1.77. The molecule has 2 N–H and O–H groups in total. The zero-order chi connectivity index (χ0) is 13.8. The molecule has 5 nitrogen and oxygen atoms in total. The lowest BCUT2D eigenvalue weighted by atomic mass is 10.1. The molecule has 3 rings (SSSR count). The van der Waals surface area contributed by atoms with Crippen LogP contribution in [0.15, 0.2) is 60.1 Å². The number of fused-ring (bicyclic) bond motifs is 1. The fourth-order valence-corrected chi connectivity index (χ4v) is 1.95. The summed E-state index contributed by atoms with van der Waals surface area (Å²) in [6.45, 7) is 0. The van der Waals surface area contributed by atoms with Gasteiger partial charge in [-0.25, -0.2) is 5.43 Å². The Bertz CT molecular complexity index is 762. The van der Waals surface area contributed by atoms with Crippen molar-refractivity contribution in [3.05, 3.63) is 66.1 Å². The molecule has 0 fully saturated rings. The molecule has 0 unspecified atom stereocenters. The number of nitrogens with zero attached hydrogens (tertiary/aromatic N) is 2. The van der Waals surface area contributed by atoms with Crippen molar-refractivity contribution in [2.45, 2.75) is 0 Å². The number of pyridine rings is 1. The van der Waals surface area contributed by atoms with Gasteiger partial charge in [-0.15, -0.1) is 0 Å². The quantitative estimate of drug-likeness (QED) is 0.563. The second-order valence-corrected chi connectivity index (χ2v) is 4.23. The number of hydrazone groups is 1. The van der Waals surface area contributed by atoms with E-state index in [1.165, 1.54) is 0 Å². The summed E-state index contributed by atoms with van der Waals surface area (Å²) in [6.07, 6.45) is 6.71. The maximum atomic E-state index is 12.1. The van der Waals surface area contributed by atoms with E-state index in [9.17, 15) is 4.79 Å². The first-order valence-electron chi connectivity index (χ1n) is 6.14. The molecule has 1 amide bonds. The summed E-state index contributed by atoms with van der Waals surface area (Å²) < 4.78 is 0. The normalized spacial score (nSPS) is 11.0. The summed E-state index contributed by atoms with van der Waals surface area (Å²) in [6, 6.07) is 11.1. The number of rotatable bonds is 3. The smallest absolute Gasteiger partial charge is 0.273 e. The molecule has 2 aromatic heterocycles. The second kappa shape index (κ2) is 5.36. The van der Waals surface area contributed by atoms with Gasteiger partial charge < -0.3 is 4.98 Å². The zero-order valence-electron chi connectivity index (χ0n) is 10.6. The van der Waals surface area contributed by atoms with E-state index in [4.69, 9.17) is 0 Å². The molecule has 0 aliphatic heterocycles. The molecular weight excluding hydrogens is 252 g/mol. The Morgan fingerprint density at radius 1 is 1.25 bits per heavy atom. The summed E-state index contributed by atoms with van der Waals surface area (Å²) in [5.41, 5.74) is 4.71. The van der Waals surface area contributed by atoms with Gasteiger partial charge in [0.1, 0.15) is 0 Å². The van der Waals surface area contributed by atoms with Crippen molar-refractivity contribution in [3.63, 3.8) is 0 Å². The third-order valence-corrected chi connectivity index (χ3v) is 2.90. The van der Waals surface area contributed by atoms with E-state index < -0.39 is 0 Å². The van der Waals surface area contributed by atoms with Gasteiger partial charge in [0.15, 0.2) is 0 Å². The number of carbonyl (C=O) groups excluding carboxylic acids is 1. The number of hydrogen-bond donors (Lipinski definition) is 2. The number of nitrogens with one attached hydrogen (secondary N) is 2. The fourth-order valence-electron chi connectivity index (χ4n) is 1.95. The summed E-state index contributed by atoms with van der Waals surface area (Å²) in [5.74, 6) is -0.252. The van der Waals surface area contributed by atoms with Gasteiger partial charge in [0, 0.05) is 29.5 Å². The van der Waals surface area contributed by atoms with Crippen LogP contribution in [0.2, 0.25) is 0 Å². The highest BCUT2D eigenvalue weighted by molar-refractivity contribution is 6.05. The van der Waals surface area contributed by atoms with Crippen LogP contribution in [0.3, 0.4) is 0 Å². The van der Waals surface area contributed by atoms with Crippen LogP contribution in [0.4, 0.5) is 0 Å². The monoisotopic (exact) mass is 264 g/mol. The average molecular weight is 264 g/mol. The van der Waals surface area contributed by atoms with Crippen molar-refractivity contribution in [1.82, 2.24) is 15.4 Å². The number of benzene rings is 1. The number of para-hydroxylation sites is 1. The first-order chi connectivity index (χ1) is 9.84. The minimum atomic E-state index is -0.252. The summed E-state index contributed by atoms with van der Waals surface area (Å²) in [5, 5.41) is 4.93. The number of hydrogen-bond acceptors (Lipinski definition) is 3. The lowest BCUT2D eigenvalue weighted by Gasteiger charge is -2.01. The summed E-state index contributed by atoms with van der Waals surface area (Å²) >= 11 is 0. The van der Waals surface area contributed by atoms with Gasteiger partial charge in [-0.1, -0.05) is 18.2 Å². The lowest BCUT2D eigenvalue weighted by molar-refractivity contribution is 0.0956. The lowest BCUT2D eigenvalue weighted by Crippen LogP contribution is -2.18. The molecule has 1 aromatic carbocycles. The van der Waals surface area contributed by atoms with E-state index >= 15 is 0 Å². The van der Waals surface area contributed by atoms with E-state index in [2.05, 4.69) is 20.5 Å². The van der Waals surface area contributed by atoms with E-state index in [0.717, 1.165) is 16.5 Å². The van der Waals surface area contributed by atoms with E-state index in [-0.39, 0.29) is 5.91 Å². The molecule has 0 aliphatic carbocycles. The average Bonchev–Trinajstić information content (AvgIpc) is 2.96. The molecule has 0 aliphatic rings. The van der Waals surface area contributed by atoms with Crippen molar-refractivity contribution in [2.75, 3.05) is 0 Å². The van der Waals surface area contributed by atoms with Crippen molar-refractivity contribution < 1.29 is 4.79 Å². The third-order valence-electron chi connectivity index (χ3n) is 2.90. The van der Waals surface area contributed by atoms with Crippen molar-refractivity contribution >= 4 is 23.0 Å². The Morgan fingerprint density at radius 3 is 3.05 bits per heavy atom. The summed E-state index contributed by atoms with van der Waals surface area (Å²) in [4.78, 5) is 19.1. The van der Waals surface area contributed by atoms with Gasteiger partial charge in [-0.2, -0.15) is 5.10 Å². The third kappa shape index (κ3) is 2.42. The number of aromatic amines is 1. The number of aromatic nitrogens is 2. The first-order valence-corrected chi connectivity index (χ1v) is 6.14. The number of H-pyrrole nitrogens is 1. The predicted octanol–water partition coefficient (Wildman–Crippen LogP) is 2.33. The molecule has 3 aromatic rings. The number of carbonyl (C=O) groups is 1. The SMILES string of the molecule is O=C(N/N=C\c1cccnc1)c1cccc2cc[nH]c12. The van der Waals surface area contributed by atoms with E-state index in [1.807, 2.05) is 30.3 Å². The van der Waals surface area contributed by atoms with Gasteiger partial charge in [0.2, 0.25) is 0 Å². The van der Waals surface area contributed by atoms with Crippen LogP contribution >= 0.6 is 0 Å². The molecular formula is C15H12N4O. The summed E-state index contributed by atoms with van der Waals surface area (Å²) in [7, 11) is 0. The van der Waals surface area contributed by atoms with Gasteiger partial charge in [0.25, 0.3) is 5.91 Å².